The van der Waals surface area contributed by atoms with Gasteiger partial charge in [0.15, 0.2) is 5.65 Å². The summed E-state index contributed by atoms with van der Waals surface area (Å²) in [7, 11) is 0. The minimum absolute atomic E-state index is 0.0709. The van der Waals surface area contributed by atoms with Crippen molar-refractivity contribution in [1.82, 2.24) is 29.2 Å². The van der Waals surface area contributed by atoms with Crippen molar-refractivity contribution in [2.75, 3.05) is 6.61 Å². The Balaban J connectivity index is 1.75. The standard InChI is InChI=1S/C19H12F2N6O3/c1-2-29-18(28)17-24-23-14-6-5-13(25-27(14)17)16-15(22-19-26(16)7-8-30-19)11-4-3-10(20)9-12(11)21/h3-9H,2H2,1H3. The maximum absolute atomic E-state index is 14.5. The van der Waals surface area contributed by atoms with Crippen molar-refractivity contribution in [3.05, 3.63) is 60.3 Å². The number of aromatic nitrogens is 6. The van der Waals surface area contributed by atoms with Crippen molar-refractivity contribution in [1.29, 1.82) is 0 Å². The highest BCUT2D eigenvalue weighted by Crippen LogP contribution is 2.33. The first-order chi connectivity index (χ1) is 14.6. The minimum atomic E-state index is -0.783. The molecule has 0 aliphatic heterocycles. The van der Waals surface area contributed by atoms with Gasteiger partial charge in [-0.3, -0.25) is 4.40 Å². The van der Waals surface area contributed by atoms with Gasteiger partial charge in [-0.2, -0.15) is 14.6 Å². The van der Waals surface area contributed by atoms with E-state index in [0.717, 1.165) is 12.1 Å². The molecule has 0 saturated heterocycles. The molecule has 5 rings (SSSR count). The second kappa shape index (κ2) is 6.72. The summed E-state index contributed by atoms with van der Waals surface area (Å²) in [4.78, 5) is 16.5. The second-order valence-corrected chi connectivity index (χ2v) is 6.22. The number of imidazole rings is 1. The number of ether oxygens (including phenoxy) is 1. The van der Waals surface area contributed by atoms with Gasteiger partial charge < -0.3 is 9.15 Å². The Labute approximate surface area is 166 Å². The van der Waals surface area contributed by atoms with Crippen LogP contribution < -0.4 is 0 Å². The van der Waals surface area contributed by atoms with Gasteiger partial charge in [-0.05, 0) is 31.2 Å². The van der Waals surface area contributed by atoms with Crippen LogP contribution in [0, 0.1) is 11.6 Å². The second-order valence-electron chi connectivity index (χ2n) is 6.22. The fourth-order valence-electron chi connectivity index (χ4n) is 3.14. The fraction of sp³-hybridized carbons (Fsp3) is 0.105. The van der Waals surface area contributed by atoms with Gasteiger partial charge >= 0.3 is 11.8 Å². The van der Waals surface area contributed by atoms with Crippen LogP contribution in [0.25, 0.3) is 34.1 Å². The predicted molar refractivity (Wildman–Crippen MR) is 98.5 cm³/mol. The molecule has 0 saturated carbocycles. The molecule has 5 aromatic rings. The lowest BCUT2D eigenvalue weighted by molar-refractivity contribution is 0.0509. The van der Waals surface area contributed by atoms with Crippen molar-refractivity contribution in [3.63, 3.8) is 0 Å². The summed E-state index contributed by atoms with van der Waals surface area (Å²) in [6.45, 7) is 1.84. The van der Waals surface area contributed by atoms with E-state index in [0.29, 0.717) is 17.0 Å². The highest BCUT2D eigenvalue weighted by Gasteiger charge is 2.23. The number of hydrogen-bond donors (Lipinski definition) is 0. The molecule has 30 heavy (non-hydrogen) atoms. The Bertz CT molecular complexity index is 1420. The Morgan fingerprint density at radius 2 is 2.07 bits per heavy atom. The van der Waals surface area contributed by atoms with E-state index in [1.807, 2.05) is 0 Å². The van der Waals surface area contributed by atoms with Crippen LogP contribution in [0.5, 0.6) is 0 Å². The Hall–Kier alpha value is -4.15. The molecule has 9 nitrogen and oxygen atoms in total. The third-order valence-corrected chi connectivity index (χ3v) is 4.41. The van der Waals surface area contributed by atoms with Gasteiger partial charge in [0, 0.05) is 17.8 Å². The average molecular weight is 410 g/mol. The number of halogens is 2. The van der Waals surface area contributed by atoms with E-state index < -0.39 is 17.6 Å². The number of oxazole rings is 1. The van der Waals surface area contributed by atoms with Crippen molar-refractivity contribution >= 4 is 17.5 Å². The van der Waals surface area contributed by atoms with Crippen LogP contribution in [-0.2, 0) is 4.74 Å². The van der Waals surface area contributed by atoms with Gasteiger partial charge in [-0.1, -0.05) is 0 Å². The number of carbonyl (C=O) groups is 1. The molecule has 4 aromatic heterocycles. The highest BCUT2D eigenvalue weighted by molar-refractivity contribution is 5.86. The molecule has 0 unspecified atom stereocenters. The molecule has 0 spiro atoms. The first-order valence-corrected chi connectivity index (χ1v) is 8.87. The van der Waals surface area contributed by atoms with Crippen molar-refractivity contribution in [2.24, 2.45) is 0 Å². The molecule has 0 aliphatic rings. The van der Waals surface area contributed by atoms with Crippen LogP contribution in [0.4, 0.5) is 8.78 Å². The molecular formula is C19H12F2N6O3. The van der Waals surface area contributed by atoms with Crippen LogP contribution in [0.3, 0.4) is 0 Å². The van der Waals surface area contributed by atoms with E-state index in [2.05, 4.69) is 20.3 Å². The molecule has 0 aliphatic carbocycles. The van der Waals surface area contributed by atoms with Gasteiger partial charge in [-0.25, -0.2) is 13.6 Å². The Kier molecular flexibility index (Phi) is 4.02. The van der Waals surface area contributed by atoms with E-state index in [-0.39, 0.29) is 29.5 Å². The van der Waals surface area contributed by atoms with Crippen molar-refractivity contribution in [3.8, 4) is 22.6 Å². The third kappa shape index (κ3) is 2.70. The maximum Gasteiger partial charge on any atom is 0.378 e. The molecule has 1 aromatic carbocycles. The molecule has 0 N–H and O–H groups in total. The summed E-state index contributed by atoms with van der Waals surface area (Å²) in [6, 6.07) is 6.42. The van der Waals surface area contributed by atoms with Gasteiger partial charge in [0.1, 0.15) is 35.0 Å². The zero-order valence-electron chi connectivity index (χ0n) is 15.4. The summed E-state index contributed by atoms with van der Waals surface area (Å²) < 4.78 is 41.0. The van der Waals surface area contributed by atoms with Gasteiger partial charge in [0.2, 0.25) is 0 Å². The summed E-state index contributed by atoms with van der Waals surface area (Å²) in [6.07, 6.45) is 3.00. The first kappa shape index (κ1) is 17.9. The molecule has 150 valence electrons. The van der Waals surface area contributed by atoms with E-state index in [4.69, 9.17) is 9.15 Å². The number of carbonyl (C=O) groups excluding carboxylic acids is 1. The molecule has 0 amide bonds. The number of benzene rings is 1. The summed E-state index contributed by atoms with van der Waals surface area (Å²) >= 11 is 0. The number of fused-ring (bicyclic) bond motifs is 2. The third-order valence-electron chi connectivity index (χ3n) is 4.41. The molecule has 11 heteroatoms. The molecule has 0 fully saturated rings. The van der Waals surface area contributed by atoms with Crippen LogP contribution in [0.1, 0.15) is 17.5 Å². The lowest BCUT2D eigenvalue weighted by atomic mass is 10.1. The summed E-state index contributed by atoms with van der Waals surface area (Å²) in [5, 5.41) is 12.2. The largest absolute Gasteiger partial charge is 0.460 e. The maximum atomic E-state index is 14.5. The predicted octanol–water partition coefficient (Wildman–Crippen LogP) is 3.15. The quantitative estimate of drug-likeness (QED) is 0.420. The van der Waals surface area contributed by atoms with E-state index in [9.17, 15) is 13.6 Å². The van der Waals surface area contributed by atoms with Crippen molar-refractivity contribution < 1.29 is 22.7 Å². The summed E-state index contributed by atoms with van der Waals surface area (Å²) in [5.74, 6) is -2.07. The molecule has 4 heterocycles. The highest BCUT2D eigenvalue weighted by atomic mass is 19.1. The van der Waals surface area contributed by atoms with Crippen molar-refractivity contribution in [2.45, 2.75) is 6.92 Å². The number of nitrogens with zero attached hydrogens (tertiary/aromatic N) is 6. The Morgan fingerprint density at radius 3 is 2.87 bits per heavy atom. The SMILES string of the molecule is CCOC(=O)c1nnc2ccc(-c3c(-c4ccc(F)cc4F)nc4occn34)nn12. The minimum Gasteiger partial charge on any atom is -0.460 e. The van der Waals surface area contributed by atoms with Gasteiger partial charge in [0.05, 0.1) is 6.61 Å². The summed E-state index contributed by atoms with van der Waals surface area (Å²) in [5.41, 5.74) is 1.31. The van der Waals surface area contributed by atoms with Gasteiger partial charge in [0.25, 0.3) is 5.82 Å². The number of esters is 1. The zero-order valence-corrected chi connectivity index (χ0v) is 15.4. The smallest absolute Gasteiger partial charge is 0.378 e. The van der Waals surface area contributed by atoms with E-state index >= 15 is 0 Å². The first-order valence-electron chi connectivity index (χ1n) is 8.87. The van der Waals surface area contributed by atoms with Crippen LogP contribution in [0.2, 0.25) is 0 Å². The van der Waals surface area contributed by atoms with Gasteiger partial charge in [-0.15, -0.1) is 10.2 Å². The molecule has 0 atom stereocenters. The van der Waals surface area contributed by atoms with Crippen LogP contribution in [0.15, 0.2) is 47.2 Å². The average Bonchev–Trinajstić information content (AvgIpc) is 3.41. The fourth-order valence-corrected chi connectivity index (χ4v) is 3.14. The lowest BCUT2D eigenvalue weighted by Gasteiger charge is -2.06. The van der Waals surface area contributed by atoms with Crippen LogP contribution in [-0.4, -0.2) is 41.8 Å². The Morgan fingerprint density at radius 1 is 1.20 bits per heavy atom. The number of hydrogen-bond acceptors (Lipinski definition) is 7. The topological polar surface area (TPSA) is 99.8 Å². The van der Waals surface area contributed by atoms with Crippen LogP contribution >= 0.6 is 0 Å². The molecule has 0 bridgehead atoms. The normalized spacial score (nSPS) is 11.4. The lowest BCUT2D eigenvalue weighted by Crippen LogP contribution is -2.11. The zero-order chi connectivity index (χ0) is 20.8. The van der Waals surface area contributed by atoms with E-state index in [1.165, 1.54) is 16.8 Å². The monoisotopic (exact) mass is 410 g/mol. The molecular weight excluding hydrogens is 398 g/mol. The number of rotatable bonds is 4. The van der Waals surface area contributed by atoms with E-state index in [1.54, 1.807) is 29.7 Å². The molecule has 0 radical (unpaired) electrons.